The Morgan fingerprint density at radius 3 is 2.78 bits per heavy atom. The largest absolute Gasteiger partial charge is 0.447 e. The molecule has 9 heavy (non-hydrogen) atoms. The maximum Gasteiger partial charge on any atom is 0.407 e. The van der Waals surface area contributed by atoms with E-state index in [2.05, 4.69) is 21.8 Å². The summed E-state index contributed by atoms with van der Waals surface area (Å²) in [6.07, 6.45) is -0.535. The van der Waals surface area contributed by atoms with Gasteiger partial charge >= 0.3 is 6.09 Å². The highest BCUT2D eigenvalue weighted by molar-refractivity contribution is 5.67. The minimum Gasteiger partial charge on any atom is -0.447 e. The van der Waals surface area contributed by atoms with E-state index in [0.717, 1.165) is 0 Å². The van der Waals surface area contributed by atoms with Crippen LogP contribution in [-0.2, 0) is 9.47 Å². The summed E-state index contributed by atoms with van der Waals surface area (Å²) in [5.74, 6) is 0. The van der Waals surface area contributed by atoms with Crippen LogP contribution in [0.3, 0.4) is 0 Å². The van der Waals surface area contributed by atoms with Crippen molar-refractivity contribution in [3.63, 3.8) is 0 Å². The molecule has 0 aliphatic heterocycles. The van der Waals surface area contributed by atoms with Crippen LogP contribution in [0.15, 0.2) is 0 Å². The zero-order valence-corrected chi connectivity index (χ0v) is 5.35. The molecule has 4 heteroatoms. The molecule has 4 nitrogen and oxygen atoms in total. The smallest absolute Gasteiger partial charge is 0.407 e. The fourth-order valence-electron chi connectivity index (χ4n) is 0.269. The van der Waals surface area contributed by atoms with Gasteiger partial charge in [0.1, 0.15) is 6.61 Å². The van der Waals surface area contributed by atoms with Crippen LogP contribution in [0.2, 0.25) is 0 Å². The first-order valence-electron chi connectivity index (χ1n) is 2.50. The molecule has 0 heterocycles. The molecule has 0 spiro atoms. The molecule has 0 saturated heterocycles. The van der Waals surface area contributed by atoms with E-state index in [0.29, 0.717) is 6.61 Å². The Balaban J connectivity index is 2.97. The molecule has 1 radical (unpaired) electrons. The molecule has 0 aromatic carbocycles. The number of amides is 1. The Morgan fingerprint density at radius 2 is 2.33 bits per heavy atom. The molecule has 0 aliphatic carbocycles. The Bertz CT molecular complexity index is 84.3. The van der Waals surface area contributed by atoms with E-state index in [1.54, 1.807) is 0 Å². The highest BCUT2D eigenvalue weighted by atomic mass is 16.6. The van der Waals surface area contributed by atoms with E-state index >= 15 is 0 Å². The Kier molecular flexibility index (Phi) is 4.91. The molecule has 0 aromatic heterocycles. The third-order valence-electron chi connectivity index (χ3n) is 0.665. The molecule has 0 aromatic rings. The highest BCUT2D eigenvalue weighted by Gasteiger charge is 1.93. The topological polar surface area (TPSA) is 47.6 Å². The van der Waals surface area contributed by atoms with Gasteiger partial charge in [-0.1, -0.05) is 0 Å². The summed E-state index contributed by atoms with van der Waals surface area (Å²) < 4.78 is 9.11. The molecule has 1 amide bonds. The number of methoxy groups -OCH3 is 1. The van der Waals surface area contributed by atoms with Gasteiger partial charge in [0.05, 0.1) is 6.61 Å². The van der Waals surface area contributed by atoms with Gasteiger partial charge in [0, 0.05) is 14.2 Å². The zero-order valence-electron chi connectivity index (χ0n) is 5.35. The van der Waals surface area contributed by atoms with Gasteiger partial charge in [-0.25, -0.2) is 4.79 Å². The number of alkyl carbamates (subject to hydrolysis) is 1. The second-order valence-corrected chi connectivity index (χ2v) is 1.31. The van der Waals surface area contributed by atoms with E-state index in [4.69, 9.17) is 0 Å². The predicted octanol–water partition coefficient (Wildman–Crippen LogP) is 0.151. The summed E-state index contributed by atoms with van der Waals surface area (Å²) >= 11 is 0. The van der Waals surface area contributed by atoms with Crippen molar-refractivity contribution in [2.24, 2.45) is 0 Å². The summed E-state index contributed by atoms with van der Waals surface area (Å²) in [6, 6.07) is 0. The maximum absolute atomic E-state index is 10.2. The Labute approximate surface area is 54.1 Å². The summed E-state index contributed by atoms with van der Waals surface area (Å²) in [5.41, 5.74) is 0. The van der Waals surface area contributed by atoms with Crippen molar-refractivity contribution in [3.05, 3.63) is 7.05 Å². The van der Waals surface area contributed by atoms with Crippen LogP contribution < -0.4 is 5.32 Å². The lowest BCUT2D eigenvalue weighted by molar-refractivity contribution is 0.101. The van der Waals surface area contributed by atoms with Gasteiger partial charge in [-0.15, -0.1) is 0 Å². The minimum atomic E-state index is -0.535. The molecule has 0 aliphatic rings. The van der Waals surface area contributed by atoms with Gasteiger partial charge in [0.25, 0.3) is 0 Å². The van der Waals surface area contributed by atoms with Crippen LogP contribution >= 0.6 is 0 Å². The summed E-state index contributed by atoms with van der Waals surface area (Å²) in [5, 5.41) is 2.06. The van der Waals surface area contributed by atoms with Crippen LogP contribution in [0.25, 0.3) is 0 Å². The molecule has 0 saturated carbocycles. The lowest BCUT2D eigenvalue weighted by Gasteiger charge is -2.00. The van der Waals surface area contributed by atoms with Gasteiger partial charge in [0.15, 0.2) is 0 Å². The van der Waals surface area contributed by atoms with Crippen LogP contribution in [0.4, 0.5) is 4.79 Å². The van der Waals surface area contributed by atoms with Gasteiger partial charge in [-0.3, -0.25) is 0 Å². The fourth-order valence-corrected chi connectivity index (χ4v) is 0.269. The number of carbonyl (C=O) groups excluding carboxylic acids is 1. The van der Waals surface area contributed by atoms with Crippen molar-refractivity contribution < 1.29 is 14.3 Å². The van der Waals surface area contributed by atoms with Crippen molar-refractivity contribution in [2.75, 3.05) is 20.3 Å². The first-order valence-corrected chi connectivity index (χ1v) is 2.50. The first-order chi connectivity index (χ1) is 4.31. The summed E-state index contributed by atoms with van der Waals surface area (Å²) in [4.78, 5) is 10.2. The molecule has 0 bridgehead atoms. The van der Waals surface area contributed by atoms with Crippen molar-refractivity contribution in [1.29, 1.82) is 0 Å². The minimum absolute atomic E-state index is 0.262. The highest BCUT2D eigenvalue weighted by Crippen LogP contribution is 1.75. The molecule has 0 rings (SSSR count). The van der Waals surface area contributed by atoms with Crippen molar-refractivity contribution in [2.45, 2.75) is 0 Å². The molecule has 0 atom stereocenters. The quantitative estimate of drug-likeness (QED) is 0.556. The van der Waals surface area contributed by atoms with Crippen molar-refractivity contribution >= 4 is 6.09 Å². The Morgan fingerprint density at radius 1 is 1.67 bits per heavy atom. The van der Waals surface area contributed by atoms with Gasteiger partial charge in [-0.2, -0.15) is 0 Å². The number of rotatable bonds is 3. The van der Waals surface area contributed by atoms with Gasteiger partial charge < -0.3 is 14.8 Å². The third-order valence-corrected chi connectivity index (χ3v) is 0.665. The lowest BCUT2D eigenvalue weighted by atomic mass is 10.8. The maximum atomic E-state index is 10.2. The van der Waals surface area contributed by atoms with Crippen LogP contribution in [0.1, 0.15) is 0 Å². The second-order valence-electron chi connectivity index (χ2n) is 1.31. The standard InChI is InChI=1S/C5H10NO3/c1-6-5(7)9-4-3-8-2/h1,3-4H2,2H3,(H,6,7). The third kappa shape index (κ3) is 5.10. The first kappa shape index (κ1) is 8.23. The van der Waals surface area contributed by atoms with E-state index < -0.39 is 6.09 Å². The zero-order chi connectivity index (χ0) is 7.11. The normalized spacial score (nSPS) is 8.67. The van der Waals surface area contributed by atoms with Crippen molar-refractivity contribution in [1.82, 2.24) is 5.32 Å². The SMILES string of the molecule is [CH2]NC(=O)OCCOC. The average Bonchev–Trinajstić information content (AvgIpc) is 1.89. The average molecular weight is 132 g/mol. The monoisotopic (exact) mass is 132 g/mol. The molecule has 0 unspecified atom stereocenters. The molecule has 0 fully saturated rings. The number of ether oxygens (including phenoxy) is 2. The van der Waals surface area contributed by atoms with E-state index in [-0.39, 0.29) is 6.61 Å². The lowest BCUT2D eigenvalue weighted by Crippen LogP contribution is -2.19. The summed E-state index contributed by atoms with van der Waals surface area (Å²) in [6.45, 7) is 0.672. The molecule has 1 N–H and O–H groups in total. The van der Waals surface area contributed by atoms with Crippen LogP contribution in [-0.4, -0.2) is 26.4 Å². The number of hydrogen-bond acceptors (Lipinski definition) is 3. The fraction of sp³-hybridized carbons (Fsp3) is 0.600. The van der Waals surface area contributed by atoms with E-state index in [1.165, 1.54) is 7.11 Å². The second kappa shape index (κ2) is 5.37. The van der Waals surface area contributed by atoms with Crippen LogP contribution in [0.5, 0.6) is 0 Å². The summed E-state index contributed by atoms with van der Waals surface area (Å²) in [7, 11) is 4.63. The van der Waals surface area contributed by atoms with Gasteiger partial charge in [0.2, 0.25) is 0 Å². The van der Waals surface area contributed by atoms with Gasteiger partial charge in [-0.05, 0) is 0 Å². The predicted molar refractivity (Wildman–Crippen MR) is 31.7 cm³/mol. The number of carbonyl (C=O) groups is 1. The molecular formula is C5H10NO3. The van der Waals surface area contributed by atoms with E-state index in [1.807, 2.05) is 0 Å². The van der Waals surface area contributed by atoms with Crippen molar-refractivity contribution in [3.8, 4) is 0 Å². The van der Waals surface area contributed by atoms with E-state index in [9.17, 15) is 4.79 Å². The number of nitrogens with one attached hydrogen (secondary N) is 1. The molecule has 53 valence electrons. The Hall–Kier alpha value is -0.770. The number of hydrogen-bond donors (Lipinski definition) is 1. The van der Waals surface area contributed by atoms with Crippen LogP contribution in [0, 0.1) is 7.05 Å². The molecular weight excluding hydrogens is 122 g/mol.